The average Bonchev–Trinajstić information content (AvgIpc) is 0.734. The third-order valence-corrected chi connectivity index (χ3v) is 15.8. The summed E-state index contributed by atoms with van der Waals surface area (Å²) in [7, 11) is 0. The number of aliphatic hydroxyl groups excluding tert-OH is 1. The lowest BCUT2D eigenvalue weighted by Gasteiger charge is -2.67. The van der Waals surface area contributed by atoms with E-state index in [2.05, 4.69) is 21.3 Å². The Bertz CT molecular complexity index is 2780. The molecular weight excluding hydrogens is 1080 g/mol. The summed E-state index contributed by atoms with van der Waals surface area (Å²) in [6.07, 6.45) is -11.5. The highest BCUT2D eigenvalue weighted by Crippen LogP contribution is 2.64. The molecule has 3 aliphatic carbocycles. The Balaban J connectivity index is 0.00000268. The molecule has 11 atom stereocenters. The van der Waals surface area contributed by atoms with E-state index in [1.54, 1.807) is 99.6 Å². The number of ketones is 1. The molecule has 1 heterocycles. The normalized spacial score (nSPS) is 26.4. The molecule has 1 aliphatic heterocycles. The number of carbonyl (C=O) groups is 8. The number of fused-ring (bicyclic) bond motifs is 5. The van der Waals surface area contributed by atoms with Gasteiger partial charge in [0.05, 0.1) is 62.6 Å². The molecule has 2 bridgehead atoms. The number of quaternary nitrogens is 1. The fraction of sp³-hybridized carbons (Fsp3) is 0.533. The highest BCUT2D eigenvalue weighted by molar-refractivity contribution is 5.96. The van der Waals surface area contributed by atoms with Crippen LogP contribution in [0.3, 0.4) is 0 Å². The second-order valence-electron chi connectivity index (χ2n) is 21.5. The van der Waals surface area contributed by atoms with Gasteiger partial charge in [-0.3, -0.25) is 28.8 Å². The number of aliphatic hydroxyl groups is 2. The largest absolute Gasteiger partial charge is 0.723 e. The molecule has 3 aromatic carbocycles. The first kappa shape index (κ1) is 65.2. The molecule has 3 fully saturated rings. The summed E-state index contributed by atoms with van der Waals surface area (Å²) < 4.78 is 47.7. The van der Waals surface area contributed by atoms with Gasteiger partial charge >= 0.3 is 29.8 Å². The van der Waals surface area contributed by atoms with Crippen LogP contribution in [0, 0.1) is 16.7 Å². The quantitative estimate of drug-likeness (QED) is 0.0214. The number of hydrogen-bond acceptors (Lipinski definition) is 20. The van der Waals surface area contributed by atoms with Crippen molar-refractivity contribution in [1.29, 1.82) is 0 Å². The van der Waals surface area contributed by atoms with Crippen LogP contribution in [0.2, 0.25) is 0 Å². The van der Waals surface area contributed by atoms with Gasteiger partial charge in [0.2, 0.25) is 12.0 Å². The zero-order chi connectivity index (χ0) is 60.7. The molecular formula is C60H77N3O20. The van der Waals surface area contributed by atoms with Crippen LogP contribution in [-0.2, 0) is 71.5 Å². The molecule has 83 heavy (non-hydrogen) atoms. The minimum atomic E-state index is -2.49. The first-order valence-electron chi connectivity index (χ1n) is 27.7. The van der Waals surface area contributed by atoms with Crippen LogP contribution in [0.15, 0.2) is 102 Å². The maximum atomic E-state index is 15.8. The van der Waals surface area contributed by atoms with Crippen molar-refractivity contribution < 1.29 is 102 Å². The summed E-state index contributed by atoms with van der Waals surface area (Å²) >= 11 is 0. The topological polar surface area (TPSA) is 335 Å². The van der Waals surface area contributed by atoms with Crippen LogP contribution in [0.1, 0.15) is 113 Å². The van der Waals surface area contributed by atoms with Crippen molar-refractivity contribution in [2.45, 2.75) is 134 Å². The predicted molar refractivity (Wildman–Crippen MR) is 289 cm³/mol. The molecule has 0 spiro atoms. The molecule has 0 radical (unpaired) electrons. The summed E-state index contributed by atoms with van der Waals surface area (Å²) in [4.78, 5) is 116. The van der Waals surface area contributed by atoms with E-state index < -0.39 is 119 Å². The molecule has 1 saturated heterocycles. The lowest BCUT2D eigenvalue weighted by atomic mass is 9.44. The van der Waals surface area contributed by atoms with Crippen molar-refractivity contribution in [3.05, 3.63) is 119 Å². The molecule has 3 aromatic rings. The molecule has 7 N–H and O–H groups in total. The van der Waals surface area contributed by atoms with Gasteiger partial charge in [0.1, 0.15) is 30.0 Å². The molecule has 2 amide bonds. The number of carbonyl (C=O) groups excluding carboxylic acids is 8. The van der Waals surface area contributed by atoms with Crippen molar-refractivity contribution in [1.82, 2.24) is 10.6 Å². The minimum Gasteiger partial charge on any atom is -0.723 e. The van der Waals surface area contributed by atoms with E-state index in [0.717, 1.165) is 13.8 Å². The molecule has 2 saturated carbocycles. The van der Waals surface area contributed by atoms with Crippen LogP contribution >= 0.6 is 0 Å². The Morgan fingerprint density at radius 3 is 1.99 bits per heavy atom. The number of rotatable bonds is 24. The second kappa shape index (κ2) is 29.0. The number of esters is 5. The van der Waals surface area contributed by atoms with E-state index in [1.165, 1.54) is 26.0 Å². The zero-order valence-electron chi connectivity index (χ0n) is 47.9. The SMILES string of the molecule is CC(=O)O[C@H]1C(=O)[C@]2(C)[C@@H](O)CC3OC[C@@]3(OC(C)=O)[C@H]2[C@H](OC(=O)c2ccccc2)[C@]2(O)C[C@H](OC(=O)[C@H](OC(=O)CCCC(=O)NCCOCCOCC[NH3+])[C@@H](NC(=O)c3ccccc3)c3ccccc3)C(C)=C1C2(C)C.CCO[O-]. The molecule has 0 aromatic heterocycles. The van der Waals surface area contributed by atoms with Gasteiger partial charge < -0.3 is 74.6 Å². The molecule has 23 heteroatoms. The summed E-state index contributed by atoms with van der Waals surface area (Å²) in [6, 6.07) is 22.6. The Hall–Kier alpha value is -6.96. The summed E-state index contributed by atoms with van der Waals surface area (Å²) in [5.41, 5.74) is -3.92. The van der Waals surface area contributed by atoms with Crippen molar-refractivity contribution >= 4 is 47.4 Å². The van der Waals surface area contributed by atoms with Crippen molar-refractivity contribution in [3.8, 4) is 0 Å². The number of hydrogen-bond donors (Lipinski definition) is 5. The maximum Gasteiger partial charge on any atom is 0.350 e. The number of Topliss-reactive ketones (excluding diaryl/α,β-unsaturated/α-hetero) is 1. The smallest absolute Gasteiger partial charge is 0.350 e. The predicted octanol–water partition coefficient (Wildman–Crippen LogP) is 2.15. The highest BCUT2D eigenvalue weighted by Gasteiger charge is 2.78. The van der Waals surface area contributed by atoms with Crippen LogP contribution in [0.5, 0.6) is 0 Å². The summed E-state index contributed by atoms with van der Waals surface area (Å²) in [5.74, 6) is -8.49. The van der Waals surface area contributed by atoms with Crippen molar-refractivity contribution in [3.63, 3.8) is 0 Å². The minimum absolute atomic E-state index is 0.0152. The zero-order valence-corrected chi connectivity index (χ0v) is 47.9. The third kappa shape index (κ3) is 14.7. The average molecular weight is 1160 g/mol. The van der Waals surface area contributed by atoms with Gasteiger partial charge in [-0.25, -0.2) is 9.59 Å². The Kier molecular flexibility index (Phi) is 22.8. The van der Waals surface area contributed by atoms with Gasteiger partial charge in [0.15, 0.2) is 17.5 Å². The van der Waals surface area contributed by atoms with E-state index in [4.69, 9.17) is 43.2 Å². The number of ether oxygens (including phenoxy) is 8. The third-order valence-electron chi connectivity index (χ3n) is 15.8. The van der Waals surface area contributed by atoms with Crippen molar-refractivity contribution in [2.75, 3.05) is 52.7 Å². The number of nitrogens with one attached hydrogen (secondary N) is 2. The van der Waals surface area contributed by atoms with Crippen LogP contribution in [-0.4, -0.2) is 158 Å². The van der Waals surface area contributed by atoms with E-state index in [-0.39, 0.29) is 80.2 Å². The molecule has 23 nitrogen and oxygen atoms in total. The number of benzene rings is 3. The van der Waals surface area contributed by atoms with Gasteiger partial charge in [0.25, 0.3) is 5.91 Å². The first-order chi connectivity index (χ1) is 39.5. The molecule has 1 unspecified atom stereocenters. The van der Waals surface area contributed by atoms with Gasteiger partial charge in [-0.05, 0) is 68.2 Å². The maximum absolute atomic E-state index is 15.8. The summed E-state index contributed by atoms with van der Waals surface area (Å²) in [6.45, 7) is 12.0. The van der Waals surface area contributed by atoms with E-state index >= 15 is 9.59 Å². The fourth-order valence-corrected chi connectivity index (χ4v) is 11.7. The molecule has 7 rings (SSSR count). The Labute approximate surface area is 481 Å². The lowest BCUT2D eigenvalue weighted by molar-refractivity contribution is -0.688. The van der Waals surface area contributed by atoms with Gasteiger partial charge in [-0.1, -0.05) is 80.6 Å². The standard InChI is InChI=1S/C58H71N3O18.C2H6O2/c1-34-40(76-54(70)48(46(37-17-10-7-11-18-37)61-52(68)38-19-12-8-13-20-38)77-44(66)24-16-23-43(65)60-26-28-73-30-29-72-27-25-59)32-58(71)51(78-53(69)39-21-14-9-15-22-39)49-56(6,41(64)31-42-57(49,33-74-42)79-36(3)63)50(67)47(75-35(2)62)45(34)55(58,4)5;1-2-4-3/h7-15,17-22,40-42,46-49,51,64,71H,16,23-33,59H2,1-6H3,(H,60,65)(H,61,68);3H,2H2,1H3/t40-,41-,42?,46-,47+,48+,49-,51-,56+,57-,58+;/m0./s1. The highest BCUT2D eigenvalue weighted by atomic mass is 17.1. The van der Waals surface area contributed by atoms with Gasteiger partial charge in [-0.2, -0.15) is 0 Å². The van der Waals surface area contributed by atoms with Gasteiger partial charge in [0, 0.05) is 63.7 Å². The Morgan fingerprint density at radius 2 is 1.42 bits per heavy atom. The van der Waals surface area contributed by atoms with Crippen LogP contribution in [0.4, 0.5) is 0 Å². The van der Waals surface area contributed by atoms with Crippen LogP contribution in [0.25, 0.3) is 0 Å². The number of amides is 2. The van der Waals surface area contributed by atoms with Crippen LogP contribution < -0.4 is 21.6 Å². The molecule has 452 valence electrons. The van der Waals surface area contributed by atoms with E-state index in [1.807, 2.05) is 0 Å². The first-order valence-corrected chi connectivity index (χ1v) is 27.7. The van der Waals surface area contributed by atoms with E-state index in [0.29, 0.717) is 31.9 Å². The van der Waals surface area contributed by atoms with E-state index in [9.17, 15) is 39.0 Å². The van der Waals surface area contributed by atoms with Gasteiger partial charge in [-0.15, -0.1) is 0 Å². The summed E-state index contributed by atoms with van der Waals surface area (Å²) in [5, 5.41) is 40.6. The monoisotopic (exact) mass is 1160 g/mol. The van der Waals surface area contributed by atoms with Crippen molar-refractivity contribution in [2.24, 2.45) is 16.7 Å². The fourth-order valence-electron chi connectivity index (χ4n) is 11.7. The Morgan fingerprint density at radius 1 is 0.819 bits per heavy atom. The second-order valence-corrected chi connectivity index (χ2v) is 21.5. The molecule has 4 aliphatic rings. The lowest BCUT2D eigenvalue weighted by Crippen LogP contribution is -2.82.